The average molecular weight is 311 g/mol. The molecule has 1 heterocycles. The van der Waals surface area contributed by atoms with E-state index in [0.717, 1.165) is 5.56 Å². The van der Waals surface area contributed by atoms with E-state index in [4.69, 9.17) is 11.6 Å². The predicted molar refractivity (Wildman–Crippen MR) is 80.7 cm³/mol. The molecule has 0 unspecified atom stereocenters. The first kappa shape index (κ1) is 14.8. The van der Waals surface area contributed by atoms with E-state index in [-0.39, 0.29) is 10.7 Å². The van der Waals surface area contributed by atoms with Gasteiger partial charge in [0.15, 0.2) is 0 Å². The number of hydrogen-bond donors (Lipinski definition) is 1. The van der Waals surface area contributed by atoms with Crippen LogP contribution in [0.25, 0.3) is 0 Å². The minimum absolute atomic E-state index is 0.205. The Balaban J connectivity index is 2.46. The van der Waals surface area contributed by atoms with E-state index in [1.807, 2.05) is 19.1 Å². The number of pyridine rings is 1. The summed E-state index contributed by atoms with van der Waals surface area (Å²) in [5.74, 6) is 0.205. The molecule has 0 atom stereocenters. The van der Waals surface area contributed by atoms with Crippen LogP contribution in [0.3, 0.4) is 0 Å². The van der Waals surface area contributed by atoms with Gasteiger partial charge in [-0.25, -0.2) is 13.4 Å². The number of aromatic nitrogens is 1. The Morgan fingerprint density at radius 1 is 1.10 bits per heavy atom. The Morgan fingerprint density at radius 3 is 2.25 bits per heavy atom. The number of halogens is 1. The van der Waals surface area contributed by atoms with E-state index in [1.54, 1.807) is 19.9 Å². The van der Waals surface area contributed by atoms with Crippen LogP contribution in [0, 0.1) is 20.8 Å². The number of nitrogens with zero attached hydrogens (tertiary/aromatic N) is 1. The lowest BCUT2D eigenvalue weighted by Crippen LogP contribution is -2.16. The second-order valence-corrected chi connectivity index (χ2v) is 6.75. The molecule has 0 aliphatic carbocycles. The van der Waals surface area contributed by atoms with Crippen LogP contribution in [0.4, 0.5) is 5.82 Å². The molecule has 0 aliphatic rings. The van der Waals surface area contributed by atoms with Crippen molar-refractivity contribution in [2.45, 2.75) is 25.7 Å². The summed E-state index contributed by atoms with van der Waals surface area (Å²) >= 11 is 5.83. The largest absolute Gasteiger partial charge is 0.263 e. The zero-order chi connectivity index (χ0) is 14.9. The summed E-state index contributed by atoms with van der Waals surface area (Å²) in [6.45, 7) is 5.49. The lowest BCUT2D eigenvalue weighted by Gasteiger charge is -2.13. The third kappa shape index (κ3) is 3.11. The van der Waals surface area contributed by atoms with Gasteiger partial charge in [0.05, 0.1) is 4.90 Å². The van der Waals surface area contributed by atoms with E-state index in [2.05, 4.69) is 9.71 Å². The van der Waals surface area contributed by atoms with Crippen LogP contribution >= 0.6 is 11.6 Å². The molecule has 1 N–H and O–H groups in total. The molecule has 0 aliphatic heterocycles. The summed E-state index contributed by atoms with van der Waals surface area (Å²) < 4.78 is 27.4. The molecule has 0 radical (unpaired) electrons. The quantitative estimate of drug-likeness (QED) is 0.944. The Morgan fingerprint density at radius 2 is 1.70 bits per heavy atom. The third-order valence-corrected chi connectivity index (χ3v) is 4.73. The Labute approximate surface area is 123 Å². The number of sulfonamides is 1. The molecular formula is C14H15ClN2O2S. The fraction of sp³-hybridized carbons (Fsp3) is 0.214. The van der Waals surface area contributed by atoms with Crippen LogP contribution in [-0.4, -0.2) is 13.4 Å². The number of hydrogen-bond acceptors (Lipinski definition) is 3. The van der Waals surface area contributed by atoms with E-state index < -0.39 is 10.0 Å². The second-order valence-electron chi connectivity index (χ2n) is 4.69. The second kappa shape index (κ2) is 5.42. The van der Waals surface area contributed by atoms with Gasteiger partial charge in [0.2, 0.25) is 0 Å². The molecule has 0 fully saturated rings. The van der Waals surface area contributed by atoms with Crippen molar-refractivity contribution < 1.29 is 8.42 Å². The minimum Gasteiger partial charge on any atom is -0.263 e. The molecule has 0 amide bonds. The van der Waals surface area contributed by atoms with Gasteiger partial charge in [-0.2, -0.15) is 0 Å². The SMILES string of the molecule is Cc1cc(C)c(S(=O)(=O)Nc2cc(Cl)ccn2)c(C)c1. The monoisotopic (exact) mass is 310 g/mol. The van der Waals surface area contributed by atoms with Crippen molar-refractivity contribution in [3.63, 3.8) is 0 Å². The highest BCUT2D eigenvalue weighted by Gasteiger charge is 2.20. The van der Waals surface area contributed by atoms with Crippen molar-refractivity contribution >= 4 is 27.4 Å². The molecule has 106 valence electrons. The first-order chi connectivity index (χ1) is 9.29. The summed E-state index contributed by atoms with van der Waals surface area (Å²) in [6, 6.07) is 6.74. The highest BCUT2D eigenvalue weighted by atomic mass is 35.5. The maximum atomic E-state index is 12.5. The first-order valence-electron chi connectivity index (χ1n) is 6.02. The lowest BCUT2D eigenvalue weighted by atomic mass is 10.1. The average Bonchev–Trinajstić information content (AvgIpc) is 2.25. The molecule has 1 aromatic carbocycles. The van der Waals surface area contributed by atoms with Crippen LogP contribution in [-0.2, 0) is 10.0 Å². The van der Waals surface area contributed by atoms with Crippen LogP contribution < -0.4 is 4.72 Å². The normalized spacial score (nSPS) is 11.4. The zero-order valence-electron chi connectivity index (χ0n) is 11.4. The third-order valence-electron chi connectivity index (χ3n) is 2.83. The zero-order valence-corrected chi connectivity index (χ0v) is 13.0. The fourth-order valence-electron chi connectivity index (χ4n) is 2.24. The summed E-state index contributed by atoms with van der Waals surface area (Å²) in [7, 11) is -3.68. The highest BCUT2D eigenvalue weighted by Crippen LogP contribution is 2.24. The number of nitrogens with one attached hydrogen (secondary N) is 1. The van der Waals surface area contributed by atoms with Crippen molar-refractivity contribution in [2.75, 3.05) is 4.72 Å². The summed E-state index contributed by atoms with van der Waals surface area (Å²) in [5, 5.41) is 0.426. The van der Waals surface area contributed by atoms with Gasteiger partial charge >= 0.3 is 0 Å². The molecule has 0 spiro atoms. The lowest BCUT2D eigenvalue weighted by molar-refractivity contribution is 0.600. The number of rotatable bonds is 3. The number of benzene rings is 1. The Bertz CT molecular complexity index is 735. The van der Waals surface area contributed by atoms with Gasteiger partial charge in [-0.05, 0) is 38.0 Å². The maximum absolute atomic E-state index is 12.5. The highest BCUT2D eigenvalue weighted by molar-refractivity contribution is 7.92. The Kier molecular flexibility index (Phi) is 4.01. The molecule has 0 bridgehead atoms. The number of aryl methyl sites for hydroxylation is 3. The van der Waals surface area contributed by atoms with Gasteiger partial charge in [-0.3, -0.25) is 4.72 Å². The van der Waals surface area contributed by atoms with Crippen molar-refractivity contribution in [1.29, 1.82) is 0 Å². The molecule has 2 aromatic rings. The predicted octanol–water partition coefficient (Wildman–Crippen LogP) is 3.46. The topological polar surface area (TPSA) is 59.1 Å². The first-order valence-corrected chi connectivity index (χ1v) is 7.88. The van der Waals surface area contributed by atoms with Gasteiger partial charge in [0.1, 0.15) is 5.82 Å². The van der Waals surface area contributed by atoms with Crippen molar-refractivity contribution in [1.82, 2.24) is 4.98 Å². The fourth-order valence-corrected chi connectivity index (χ4v) is 3.85. The van der Waals surface area contributed by atoms with E-state index in [1.165, 1.54) is 12.3 Å². The minimum atomic E-state index is -3.68. The van der Waals surface area contributed by atoms with Crippen molar-refractivity contribution in [3.8, 4) is 0 Å². The van der Waals surface area contributed by atoms with Crippen molar-refractivity contribution in [3.05, 3.63) is 52.2 Å². The van der Waals surface area contributed by atoms with Gasteiger partial charge in [0, 0.05) is 17.3 Å². The molecular weight excluding hydrogens is 296 g/mol. The van der Waals surface area contributed by atoms with Gasteiger partial charge in [-0.1, -0.05) is 29.3 Å². The molecule has 1 aromatic heterocycles. The van der Waals surface area contributed by atoms with Crippen LogP contribution in [0.15, 0.2) is 35.4 Å². The van der Waals surface area contributed by atoms with Gasteiger partial charge in [0.25, 0.3) is 10.0 Å². The van der Waals surface area contributed by atoms with Gasteiger partial charge < -0.3 is 0 Å². The molecule has 20 heavy (non-hydrogen) atoms. The molecule has 2 rings (SSSR count). The smallest absolute Gasteiger partial charge is 0.263 e. The molecule has 6 heteroatoms. The molecule has 4 nitrogen and oxygen atoms in total. The summed E-state index contributed by atoms with van der Waals surface area (Å²) in [4.78, 5) is 4.23. The summed E-state index contributed by atoms with van der Waals surface area (Å²) in [6.07, 6.45) is 1.45. The van der Waals surface area contributed by atoms with Crippen molar-refractivity contribution in [2.24, 2.45) is 0 Å². The van der Waals surface area contributed by atoms with E-state index in [0.29, 0.717) is 16.1 Å². The summed E-state index contributed by atoms with van der Waals surface area (Å²) in [5.41, 5.74) is 2.44. The van der Waals surface area contributed by atoms with Gasteiger partial charge in [-0.15, -0.1) is 0 Å². The Hall–Kier alpha value is -1.59. The number of anilines is 1. The molecule has 0 saturated heterocycles. The van der Waals surface area contributed by atoms with Crippen LogP contribution in [0.5, 0.6) is 0 Å². The maximum Gasteiger partial charge on any atom is 0.263 e. The molecule has 0 saturated carbocycles. The van der Waals surface area contributed by atoms with Crippen LogP contribution in [0.2, 0.25) is 5.02 Å². The van der Waals surface area contributed by atoms with E-state index in [9.17, 15) is 8.42 Å². The standard InChI is InChI=1S/C14H15ClN2O2S/c1-9-6-10(2)14(11(3)7-9)20(18,19)17-13-8-12(15)4-5-16-13/h4-8H,1-3H3,(H,16,17). The van der Waals surface area contributed by atoms with E-state index >= 15 is 0 Å². The van der Waals surface area contributed by atoms with Crippen LogP contribution in [0.1, 0.15) is 16.7 Å².